The Labute approximate surface area is 97.5 Å². The van der Waals surface area contributed by atoms with Gasteiger partial charge in [0, 0.05) is 6.54 Å². The van der Waals surface area contributed by atoms with Crippen molar-refractivity contribution in [1.82, 2.24) is 5.32 Å². The van der Waals surface area contributed by atoms with Crippen LogP contribution in [0.15, 0.2) is 0 Å². The van der Waals surface area contributed by atoms with Crippen LogP contribution in [-0.2, 0) is 15.2 Å². The fourth-order valence-corrected chi connectivity index (χ4v) is 0.657. The Kier molecular flexibility index (Phi) is 9.18. The van der Waals surface area contributed by atoms with Crippen LogP contribution in [0.4, 0.5) is 4.79 Å². The molecule has 2 amide bonds. The van der Waals surface area contributed by atoms with Gasteiger partial charge in [-0.2, -0.15) is 8.42 Å². The Morgan fingerprint density at radius 1 is 1.29 bits per heavy atom. The van der Waals surface area contributed by atoms with Crippen LogP contribution in [0.2, 0.25) is 0 Å². The summed E-state index contributed by atoms with van der Waals surface area (Å²) in [5.74, 6) is -1.03. The number of primary amides is 1. The van der Waals surface area contributed by atoms with Crippen LogP contribution in [0.3, 0.4) is 0 Å². The maximum Gasteiger partial charge on any atom is 0.394 e. The molecule has 0 spiro atoms. The number of carboxylic acids is 1. The van der Waals surface area contributed by atoms with Gasteiger partial charge < -0.3 is 21.9 Å². The van der Waals surface area contributed by atoms with E-state index in [4.69, 9.17) is 34.1 Å². The van der Waals surface area contributed by atoms with Crippen molar-refractivity contribution < 1.29 is 32.2 Å². The Morgan fingerprint density at radius 2 is 1.71 bits per heavy atom. The van der Waals surface area contributed by atoms with Crippen molar-refractivity contribution in [3.8, 4) is 0 Å². The first kappa shape index (κ1) is 17.9. The number of rotatable bonds is 5. The summed E-state index contributed by atoms with van der Waals surface area (Å²) in [7, 11) is -4.67. The fraction of sp³-hybridized carbons (Fsp3) is 0.667. The zero-order chi connectivity index (χ0) is 14.1. The molecule has 0 rings (SSSR count). The lowest BCUT2D eigenvalue weighted by Gasteiger charge is -2.05. The average Bonchev–Trinajstić information content (AvgIpc) is 2.08. The summed E-state index contributed by atoms with van der Waals surface area (Å²) in [5.41, 5.74) is 9.96. The first-order chi connectivity index (χ1) is 7.54. The van der Waals surface area contributed by atoms with Gasteiger partial charge in [0.15, 0.2) is 0 Å². The van der Waals surface area contributed by atoms with Gasteiger partial charge in [-0.3, -0.25) is 13.9 Å². The van der Waals surface area contributed by atoms with Crippen LogP contribution in [-0.4, -0.2) is 47.2 Å². The highest BCUT2D eigenvalue weighted by Crippen LogP contribution is 1.92. The third kappa shape index (κ3) is 25.1. The molecule has 0 aromatic heterocycles. The molecule has 0 bridgehead atoms. The number of urea groups is 1. The molecular weight excluding hydrogens is 258 g/mol. The molecule has 11 heteroatoms. The van der Waals surface area contributed by atoms with E-state index in [1.165, 1.54) is 0 Å². The summed E-state index contributed by atoms with van der Waals surface area (Å²) < 4.78 is 31.6. The summed E-state index contributed by atoms with van der Waals surface area (Å²) >= 11 is 0. The number of carbonyl (C=O) groups is 2. The third-order valence-electron chi connectivity index (χ3n) is 1.31. The highest BCUT2D eigenvalue weighted by Gasteiger charge is 2.09. The monoisotopic (exact) mass is 273 g/mol. The number of hydrogen-bond acceptors (Lipinski definition) is 5. The van der Waals surface area contributed by atoms with Crippen molar-refractivity contribution in [2.45, 2.75) is 18.9 Å². The van der Waals surface area contributed by atoms with Gasteiger partial charge in [-0.05, 0) is 12.8 Å². The lowest BCUT2D eigenvalue weighted by molar-refractivity contribution is -0.138. The summed E-state index contributed by atoms with van der Waals surface area (Å²) in [6.07, 6.45) is 0.839. The van der Waals surface area contributed by atoms with Crippen LogP contribution in [0.5, 0.6) is 0 Å². The second kappa shape index (κ2) is 8.69. The number of carbonyl (C=O) groups excluding carboxylic acids is 1. The Balaban J connectivity index is 0. The van der Waals surface area contributed by atoms with Crippen LogP contribution < -0.4 is 16.8 Å². The predicted molar refractivity (Wildman–Crippen MR) is 56.6 cm³/mol. The molecular formula is C6H15N3O7S. The predicted octanol–water partition coefficient (Wildman–Crippen LogP) is -1.81. The smallest absolute Gasteiger partial charge is 0.394 e. The molecule has 1 atom stereocenters. The average molecular weight is 273 g/mol. The maximum absolute atomic E-state index is 10.2. The number of carboxylic acid groups (broad SMARTS) is 1. The topological polar surface area (TPSA) is 193 Å². The molecule has 0 heterocycles. The van der Waals surface area contributed by atoms with Crippen LogP contribution in [0.1, 0.15) is 12.8 Å². The second-order valence-corrected chi connectivity index (χ2v) is 3.72. The molecule has 0 fully saturated rings. The van der Waals surface area contributed by atoms with E-state index in [1.54, 1.807) is 0 Å². The van der Waals surface area contributed by atoms with Crippen LogP contribution in [0, 0.1) is 0 Å². The lowest BCUT2D eigenvalue weighted by atomic mass is 10.2. The van der Waals surface area contributed by atoms with Crippen LogP contribution >= 0.6 is 0 Å². The van der Waals surface area contributed by atoms with Gasteiger partial charge >= 0.3 is 22.4 Å². The standard InChI is InChI=1S/C6H13N3O3.H2O4S/c7-4(5(10)11)2-1-3-9-6(8)12;1-5(2,3)4/h4H,1-3,7H2,(H,10,11)(H3,8,9,12);(H2,1,2,3,4)/t4-;/m0./s1. The summed E-state index contributed by atoms with van der Waals surface area (Å²) in [6, 6.07) is -1.47. The first-order valence-electron chi connectivity index (χ1n) is 4.25. The molecule has 17 heavy (non-hydrogen) atoms. The minimum atomic E-state index is -4.67. The summed E-state index contributed by atoms with van der Waals surface area (Å²) in [6.45, 7) is 0.357. The SMILES string of the molecule is NC(=O)NCCC[C@H](N)C(=O)O.O=S(=O)(O)O. The molecule has 0 aliphatic rings. The van der Waals surface area contributed by atoms with Crippen molar-refractivity contribution in [3.63, 3.8) is 0 Å². The molecule has 0 saturated carbocycles. The zero-order valence-corrected chi connectivity index (χ0v) is 9.55. The van der Waals surface area contributed by atoms with Gasteiger partial charge in [-0.1, -0.05) is 0 Å². The molecule has 0 saturated heterocycles. The molecule has 0 aromatic carbocycles. The van der Waals surface area contributed by atoms with Gasteiger partial charge in [0.2, 0.25) is 0 Å². The van der Waals surface area contributed by atoms with Gasteiger partial charge in [0.05, 0.1) is 0 Å². The van der Waals surface area contributed by atoms with Crippen LogP contribution in [0.25, 0.3) is 0 Å². The molecule has 0 aromatic rings. The lowest BCUT2D eigenvalue weighted by Crippen LogP contribution is -2.33. The highest BCUT2D eigenvalue weighted by atomic mass is 32.3. The van der Waals surface area contributed by atoms with Gasteiger partial charge in [-0.25, -0.2) is 4.79 Å². The molecule has 8 N–H and O–H groups in total. The van der Waals surface area contributed by atoms with Gasteiger partial charge in [-0.15, -0.1) is 0 Å². The van der Waals surface area contributed by atoms with E-state index in [2.05, 4.69) is 5.32 Å². The van der Waals surface area contributed by atoms with Gasteiger partial charge in [0.25, 0.3) is 0 Å². The van der Waals surface area contributed by atoms with E-state index in [9.17, 15) is 9.59 Å². The van der Waals surface area contributed by atoms with Crippen molar-refractivity contribution in [3.05, 3.63) is 0 Å². The Hall–Kier alpha value is -1.43. The van der Waals surface area contributed by atoms with Crippen molar-refractivity contribution in [1.29, 1.82) is 0 Å². The molecule has 0 unspecified atom stereocenters. The van der Waals surface area contributed by atoms with E-state index in [-0.39, 0.29) is 0 Å². The molecule has 0 radical (unpaired) electrons. The quantitative estimate of drug-likeness (QED) is 0.249. The third-order valence-corrected chi connectivity index (χ3v) is 1.31. The molecule has 10 nitrogen and oxygen atoms in total. The number of nitrogens with one attached hydrogen (secondary N) is 1. The largest absolute Gasteiger partial charge is 0.480 e. The Morgan fingerprint density at radius 3 is 2.00 bits per heavy atom. The summed E-state index contributed by atoms with van der Waals surface area (Å²) in [5, 5.41) is 10.7. The van der Waals surface area contributed by atoms with E-state index >= 15 is 0 Å². The highest BCUT2D eigenvalue weighted by molar-refractivity contribution is 7.79. The fourth-order valence-electron chi connectivity index (χ4n) is 0.657. The number of aliphatic carboxylic acids is 1. The van der Waals surface area contributed by atoms with E-state index in [0.29, 0.717) is 19.4 Å². The molecule has 0 aliphatic carbocycles. The number of hydrogen-bond donors (Lipinski definition) is 6. The van der Waals surface area contributed by atoms with E-state index < -0.39 is 28.4 Å². The second-order valence-electron chi connectivity index (χ2n) is 2.83. The van der Waals surface area contributed by atoms with Gasteiger partial charge in [0.1, 0.15) is 6.04 Å². The minimum absolute atomic E-state index is 0.329. The maximum atomic E-state index is 10.2. The zero-order valence-electron chi connectivity index (χ0n) is 8.74. The normalized spacial score (nSPS) is 11.9. The van der Waals surface area contributed by atoms with E-state index in [0.717, 1.165) is 0 Å². The minimum Gasteiger partial charge on any atom is -0.480 e. The van der Waals surface area contributed by atoms with Crippen molar-refractivity contribution in [2.24, 2.45) is 11.5 Å². The molecule has 0 aliphatic heterocycles. The number of nitrogens with two attached hydrogens (primary N) is 2. The first-order valence-corrected chi connectivity index (χ1v) is 5.65. The molecule has 102 valence electrons. The van der Waals surface area contributed by atoms with E-state index in [1.807, 2.05) is 0 Å². The summed E-state index contributed by atoms with van der Waals surface area (Å²) in [4.78, 5) is 20.3. The number of amides is 2. The van der Waals surface area contributed by atoms with Crippen molar-refractivity contribution >= 4 is 22.4 Å². The van der Waals surface area contributed by atoms with Crippen molar-refractivity contribution in [2.75, 3.05) is 6.54 Å². The Bertz CT molecular complexity index is 334.